The fourth-order valence-electron chi connectivity index (χ4n) is 10.0. The number of rotatable bonds is 8. The number of hydrogen-bond donors (Lipinski definition) is 3. The minimum Gasteiger partial charge on any atom is -0.445 e. The Bertz CT molecular complexity index is 2920. The van der Waals surface area contributed by atoms with Crippen LogP contribution in [0.3, 0.4) is 0 Å². The summed E-state index contributed by atoms with van der Waals surface area (Å²) in [7, 11) is 0. The molecule has 0 bridgehead atoms. The van der Waals surface area contributed by atoms with Crippen molar-refractivity contribution in [3.63, 3.8) is 0 Å². The van der Waals surface area contributed by atoms with Gasteiger partial charge in [0.05, 0.1) is 23.5 Å². The lowest BCUT2D eigenvalue weighted by Crippen LogP contribution is -2.51. The van der Waals surface area contributed by atoms with Crippen LogP contribution in [0.15, 0.2) is 101 Å². The molecule has 6 heterocycles. The molecule has 4 saturated heterocycles. The van der Waals surface area contributed by atoms with Gasteiger partial charge in [-0.1, -0.05) is 106 Å². The predicted octanol–water partition coefficient (Wildman–Crippen LogP) is 8.24. The molecule has 5 amide bonds. The van der Waals surface area contributed by atoms with E-state index < -0.39 is 29.1 Å². The van der Waals surface area contributed by atoms with Crippen LogP contribution in [0.4, 0.5) is 14.4 Å². The van der Waals surface area contributed by atoms with E-state index in [9.17, 15) is 33.6 Å². The fraction of sp³-hybridized carbons (Fsp3) is 0.500. The molecule has 2 aromatic heterocycles. The topological polar surface area (TPSA) is 217 Å². The Morgan fingerprint density at radius 3 is 1.35 bits per heavy atom. The molecule has 20 heteroatoms. The third-order valence-corrected chi connectivity index (χ3v) is 13.7. The van der Waals surface area contributed by atoms with Crippen LogP contribution in [-0.2, 0) is 20.8 Å². The lowest BCUT2D eigenvalue weighted by atomic mass is 10.0. The number of ether oxygens (including phenoxy) is 3. The van der Waals surface area contributed by atoms with Gasteiger partial charge in [0.15, 0.2) is 0 Å². The number of H-pyrrole nitrogens is 2. The Kier molecular flexibility index (Phi) is 20.0. The Morgan fingerprint density at radius 2 is 0.923 bits per heavy atom. The summed E-state index contributed by atoms with van der Waals surface area (Å²) in [5, 5.41) is 3.35. The molecule has 422 valence electrons. The summed E-state index contributed by atoms with van der Waals surface area (Å²) in [6.07, 6.45) is 2.00. The monoisotopic (exact) mass is 1080 g/mol. The van der Waals surface area contributed by atoms with E-state index in [1.807, 2.05) is 133 Å². The van der Waals surface area contributed by atoms with Crippen molar-refractivity contribution >= 4 is 30.1 Å². The van der Waals surface area contributed by atoms with Gasteiger partial charge < -0.3 is 54.0 Å². The maximum absolute atomic E-state index is 13.9. The minimum absolute atomic E-state index is 0. The van der Waals surface area contributed by atoms with Crippen LogP contribution in [0.1, 0.15) is 121 Å². The molecule has 5 aromatic rings. The van der Waals surface area contributed by atoms with E-state index in [1.54, 1.807) is 33.6 Å². The first-order valence-corrected chi connectivity index (χ1v) is 26.4. The van der Waals surface area contributed by atoms with Gasteiger partial charge in [-0.15, -0.1) is 0 Å². The highest BCUT2D eigenvalue weighted by molar-refractivity contribution is 5.99. The molecular weight excluding hydrogens is 997 g/mol. The molecule has 0 saturated carbocycles. The summed E-state index contributed by atoms with van der Waals surface area (Å²) in [4.78, 5) is 106. The zero-order valence-electron chi connectivity index (χ0n) is 44.5. The summed E-state index contributed by atoms with van der Waals surface area (Å²) in [5.41, 5.74) is 2.24. The number of amides is 5. The third-order valence-electron chi connectivity index (χ3n) is 13.7. The molecule has 2 unspecified atom stereocenters. The zero-order chi connectivity index (χ0) is 54.1. The molecule has 20 nitrogen and oxygen atoms in total. The van der Waals surface area contributed by atoms with Gasteiger partial charge in [0.1, 0.15) is 29.2 Å². The summed E-state index contributed by atoms with van der Waals surface area (Å²) >= 11 is 0. The number of nitrogens with zero attached hydrogens (tertiary/aromatic N) is 7. The highest BCUT2D eigenvalue weighted by atomic mass is 16.6. The summed E-state index contributed by atoms with van der Waals surface area (Å²) in [6, 6.07) is 28.0. The lowest BCUT2D eigenvalue weighted by Gasteiger charge is -2.35. The molecule has 2 atom stereocenters. The number of aromatic amines is 2. The maximum Gasteiger partial charge on any atom is 0.410 e. The number of piperazine rings is 2. The normalized spacial score (nSPS) is 17.8. The first-order valence-electron chi connectivity index (χ1n) is 26.4. The molecule has 3 aromatic carbocycles. The van der Waals surface area contributed by atoms with Crippen LogP contribution in [-0.4, -0.2) is 163 Å². The first-order chi connectivity index (χ1) is 36.3. The molecule has 4 fully saturated rings. The van der Waals surface area contributed by atoms with Crippen molar-refractivity contribution in [1.29, 1.82) is 0 Å². The van der Waals surface area contributed by atoms with Crippen molar-refractivity contribution < 1.29 is 38.2 Å². The van der Waals surface area contributed by atoms with Gasteiger partial charge in [-0.05, 0) is 79.3 Å². The minimum atomic E-state index is -0.607. The van der Waals surface area contributed by atoms with Crippen molar-refractivity contribution in [2.45, 2.75) is 112 Å². The number of imidazole rings is 2. The van der Waals surface area contributed by atoms with Crippen molar-refractivity contribution in [2.24, 2.45) is 0 Å². The molecule has 0 radical (unpaired) electrons. The maximum atomic E-state index is 13.9. The average molecular weight is 1080 g/mol. The van der Waals surface area contributed by atoms with E-state index >= 15 is 0 Å². The molecule has 4 aliphatic heterocycles. The predicted molar refractivity (Wildman–Crippen MR) is 299 cm³/mol. The number of benzene rings is 3. The number of piperidine rings is 2. The van der Waals surface area contributed by atoms with Crippen LogP contribution >= 0.6 is 0 Å². The standard InChI is InChI=1S/C32H39N5O6.C24H33N5O4.2CH4/c1-32(2,3)43-31(41)35-19-17-34(18-20-35)28(38)26-27(24-13-8-5-9-14-24)37(29(39)33-26)25-15-10-16-36(21-25)30(40)42-22-23-11-6-4-7-12-23;1-24(2,3)33-23(32)28-14-12-27(13-15-28)21(30)19-20(17-8-5-4-6-9-17)29(22(31)26-19)18-10-7-11-25-16-18;;/h4-9,11-14,25H,10,15-22H2,1-3H3,(H,33,39);4-6,8-9,18,25H,7,10-16H2,1-3H3,(H,26,31);2*1H4. The van der Waals surface area contributed by atoms with Crippen LogP contribution < -0.4 is 16.7 Å². The third kappa shape index (κ3) is 14.7. The summed E-state index contributed by atoms with van der Waals surface area (Å²) < 4.78 is 19.9. The van der Waals surface area contributed by atoms with Crippen LogP contribution in [0.25, 0.3) is 22.5 Å². The second-order valence-corrected chi connectivity index (χ2v) is 21.6. The molecular formula is C58H80N10O10. The highest BCUT2D eigenvalue weighted by Gasteiger charge is 2.36. The van der Waals surface area contributed by atoms with Gasteiger partial charge in [0.25, 0.3) is 11.8 Å². The fourth-order valence-corrected chi connectivity index (χ4v) is 10.0. The number of nitrogens with one attached hydrogen (secondary N) is 3. The molecule has 3 N–H and O–H groups in total. The smallest absolute Gasteiger partial charge is 0.410 e. The number of carbonyl (C=O) groups is 5. The lowest BCUT2D eigenvalue weighted by molar-refractivity contribution is 0.0135. The number of carbonyl (C=O) groups excluding carboxylic acids is 5. The largest absolute Gasteiger partial charge is 0.445 e. The molecule has 9 rings (SSSR count). The molecule has 78 heavy (non-hydrogen) atoms. The highest BCUT2D eigenvalue weighted by Crippen LogP contribution is 2.32. The molecule has 0 aliphatic carbocycles. The van der Waals surface area contributed by atoms with Crippen molar-refractivity contribution in [2.75, 3.05) is 78.5 Å². The van der Waals surface area contributed by atoms with Crippen LogP contribution in [0.5, 0.6) is 0 Å². The van der Waals surface area contributed by atoms with Crippen molar-refractivity contribution in [1.82, 2.24) is 48.9 Å². The van der Waals surface area contributed by atoms with E-state index in [0.717, 1.165) is 36.1 Å². The summed E-state index contributed by atoms with van der Waals surface area (Å²) in [5.74, 6) is -0.536. The van der Waals surface area contributed by atoms with Crippen molar-refractivity contribution in [3.05, 3.63) is 129 Å². The summed E-state index contributed by atoms with van der Waals surface area (Å²) in [6.45, 7) is 16.4. The Morgan fingerprint density at radius 1 is 0.513 bits per heavy atom. The van der Waals surface area contributed by atoms with E-state index in [4.69, 9.17) is 14.2 Å². The zero-order valence-corrected chi connectivity index (χ0v) is 44.5. The second kappa shape index (κ2) is 26.2. The van der Waals surface area contributed by atoms with Gasteiger partial charge in [-0.3, -0.25) is 18.7 Å². The number of hydrogen-bond acceptors (Lipinski definition) is 11. The van der Waals surface area contributed by atoms with Crippen LogP contribution in [0, 0.1) is 0 Å². The van der Waals surface area contributed by atoms with Gasteiger partial charge in [-0.2, -0.15) is 0 Å². The van der Waals surface area contributed by atoms with E-state index in [2.05, 4.69) is 15.3 Å². The average Bonchev–Trinajstić information content (AvgIpc) is 4.18. The van der Waals surface area contributed by atoms with Gasteiger partial charge in [0, 0.05) is 83.1 Å². The second-order valence-electron chi connectivity index (χ2n) is 21.6. The van der Waals surface area contributed by atoms with Gasteiger partial charge >= 0.3 is 29.7 Å². The first kappa shape index (κ1) is 59.6. The van der Waals surface area contributed by atoms with Gasteiger partial charge in [0.2, 0.25) is 0 Å². The quantitative estimate of drug-likeness (QED) is 0.126. The Labute approximate surface area is 457 Å². The Hall–Kier alpha value is -7.61. The van der Waals surface area contributed by atoms with Crippen LogP contribution in [0.2, 0.25) is 0 Å². The Balaban J connectivity index is 0.000000254. The van der Waals surface area contributed by atoms with E-state index in [-0.39, 0.29) is 69.4 Å². The van der Waals surface area contributed by atoms with Gasteiger partial charge in [-0.25, -0.2) is 24.0 Å². The van der Waals surface area contributed by atoms with E-state index in [1.165, 1.54) is 0 Å². The van der Waals surface area contributed by atoms with Crippen molar-refractivity contribution in [3.8, 4) is 22.5 Å². The number of likely N-dealkylation sites (tertiary alicyclic amines) is 1. The number of aromatic nitrogens is 4. The molecule has 0 spiro atoms. The SMILES string of the molecule is C.C.CC(C)(C)OC(=O)N1CCN(C(=O)c2[nH]c(=O)n(C3CCCN(C(=O)OCc4ccccc4)C3)c2-c2ccccc2)CC1.CC(C)(C)OC(=O)N1CCN(C(=O)c2[nH]c(=O)n(C3CCCNC3)c2-c2ccccc2)CC1. The van der Waals surface area contributed by atoms with E-state index in [0.29, 0.717) is 95.4 Å². The molecule has 4 aliphatic rings.